The van der Waals surface area contributed by atoms with E-state index in [0.717, 1.165) is 11.3 Å². The lowest BCUT2D eigenvalue weighted by Crippen LogP contribution is -2.26. The molecule has 0 spiro atoms. The Morgan fingerprint density at radius 3 is 2.46 bits per heavy atom. The zero-order valence-electron chi connectivity index (χ0n) is 13.2. The van der Waals surface area contributed by atoms with Crippen molar-refractivity contribution in [3.05, 3.63) is 47.5 Å². The van der Waals surface area contributed by atoms with Gasteiger partial charge in [-0.15, -0.1) is 0 Å². The third-order valence-electron chi connectivity index (χ3n) is 4.05. The minimum Gasteiger partial charge on any atom is -0.486 e. The van der Waals surface area contributed by atoms with Crippen molar-refractivity contribution in [2.75, 3.05) is 20.0 Å². The number of carbonyl (C=O) groups excluding carboxylic acids is 1. The molecule has 0 bridgehead atoms. The molecular formula is C18H17NO5. The molecule has 124 valence electrons. The first-order valence-electron chi connectivity index (χ1n) is 7.81. The van der Waals surface area contributed by atoms with E-state index in [1.54, 1.807) is 18.2 Å². The van der Waals surface area contributed by atoms with Gasteiger partial charge in [0, 0.05) is 5.56 Å². The van der Waals surface area contributed by atoms with Gasteiger partial charge in [-0.25, -0.2) is 0 Å². The summed E-state index contributed by atoms with van der Waals surface area (Å²) in [6, 6.07) is 10.7. The highest BCUT2D eigenvalue weighted by atomic mass is 16.7. The standard InChI is InChI=1S/C18H17NO5/c1-11(12-2-4-14-16(8-12)22-7-6-21-14)19-18(20)13-3-5-15-17(9-13)24-10-23-15/h2-5,8-9,11H,6-7,10H2,1H3,(H,19,20)/t11-/m1/s1. The van der Waals surface area contributed by atoms with Crippen molar-refractivity contribution in [3.8, 4) is 23.0 Å². The molecule has 1 atom stereocenters. The van der Waals surface area contributed by atoms with Crippen LogP contribution in [0.1, 0.15) is 28.9 Å². The first-order chi connectivity index (χ1) is 11.7. The van der Waals surface area contributed by atoms with Crippen molar-refractivity contribution in [2.24, 2.45) is 0 Å². The van der Waals surface area contributed by atoms with Crippen LogP contribution in [0.3, 0.4) is 0 Å². The molecule has 1 amide bonds. The summed E-state index contributed by atoms with van der Waals surface area (Å²) in [7, 11) is 0. The van der Waals surface area contributed by atoms with Gasteiger partial charge in [0.1, 0.15) is 13.2 Å². The van der Waals surface area contributed by atoms with Gasteiger partial charge in [0.2, 0.25) is 6.79 Å². The first kappa shape index (κ1) is 14.7. The Labute approximate surface area is 139 Å². The molecule has 2 aromatic carbocycles. The topological polar surface area (TPSA) is 66.0 Å². The van der Waals surface area contributed by atoms with E-state index >= 15 is 0 Å². The minimum absolute atomic E-state index is 0.168. The van der Waals surface area contributed by atoms with Crippen LogP contribution in [-0.2, 0) is 0 Å². The van der Waals surface area contributed by atoms with Gasteiger partial charge < -0.3 is 24.3 Å². The lowest BCUT2D eigenvalue weighted by atomic mass is 10.1. The molecule has 0 fully saturated rings. The predicted octanol–water partition coefficient (Wildman–Crippen LogP) is 2.68. The van der Waals surface area contributed by atoms with E-state index < -0.39 is 0 Å². The second kappa shape index (κ2) is 5.96. The molecule has 0 saturated carbocycles. The molecule has 2 aliphatic rings. The molecule has 0 aliphatic carbocycles. The van der Waals surface area contributed by atoms with Gasteiger partial charge in [0.05, 0.1) is 6.04 Å². The van der Waals surface area contributed by atoms with Crippen LogP contribution in [0, 0.1) is 0 Å². The Balaban J connectivity index is 1.49. The van der Waals surface area contributed by atoms with Crippen LogP contribution in [0.2, 0.25) is 0 Å². The summed E-state index contributed by atoms with van der Waals surface area (Å²) in [6.07, 6.45) is 0. The number of carbonyl (C=O) groups is 1. The minimum atomic E-state index is -0.171. The number of hydrogen-bond acceptors (Lipinski definition) is 5. The van der Waals surface area contributed by atoms with Crippen LogP contribution in [0.25, 0.3) is 0 Å². The average Bonchev–Trinajstić information content (AvgIpc) is 3.08. The fourth-order valence-corrected chi connectivity index (χ4v) is 2.73. The molecular weight excluding hydrogens is 310 g/mol. The van der Waals surface area contributed by atoms with E-state index in [2.05, 4.69) is 5.32 Å². The van der Waals surface area contributed by atoms with E-state index in [-0.39, 0.29) is 18.7 Å². The van der Waals surface area contributed by atoms with E-state index in [9.17, 15) is 4.79 Å². The zero-order valence-corrected chi connectivity index (χ0v) is 13.2. The molecule has 2 aromatic rings. The Bertz CT molecular complexity index is 789. The maximum Gasteiger partial charge on any atom is 0.251 e. The third-order valence-corrected chi connectivity index (χ3v) is 4.05. The molecule has 6 heteroatoms. The number of amides is 1. The van der Waals surface area contributed by atoms with Gasteiger partial charge in [-0.1, -0.05) is 6.07 Å². The highest BCUT2D eigenvalue weighted by Gasteiger charge is 2.19. The molecule has 0 aromatic heterocycles. The van der Waals surface area contributed by atoms with Crippen LogP contribution < -0.4 is 24.3 Å². The molecule has 4 rings (SSSR count). The zero-order chi connectivity index (χ0) is 16.5. The molecule has 0 radical (unpaired) electrons. The Morgan fingerprint density at radius 1 is 0.917 bits per heavy atom. The predicted molar refractivity (Wildman–Crippen MR) is 85.9 cm³/mol. The average molecular weight is 327 g/mol. The number of nitrogens with one attached hydrogen (secondary N) is 1. The maximum absolute atomic E-state index is 12.5. The van der Waals surface area contributed by atoms with Crippen LogP contribution in [0.5, 0.6) is 23.0 Å². The third kappa shape index (κ3) is 2.71. The van der Waals surface area contributed by atoms with Crippen molar-refractivity contribution in [1.29, 1.82) is 0 Å². The normalized spacial score (nSPS) is 15.7. The Kier molecular flexibility index (Phi) is 3.65. The van der Waals surface area contributed by atoms with E-state index in [0.29, 0.717) is 36.0 Å². The highest BCUT2D eigenvalue weighted by molar-refractivity contribution is 5.95. The molecule has 24 heavy (non-hydrogen) atoms. The summed E-state index contributed by atoms with van der Waals surface area (Å²) in [6.45, 7) is 3.21. The van der Waals surface area contributed by atoms with Crippen LogP contribution in [-0.4, -0.2) is 25.9 Å². The molecule has 2 heterocycles. The van der Waals surface area contributed by atoms with Gasteiger partial charge in [0.15, 0.2) is 23.0 Å². The quantitative estimate of drug-likeness (QED) is 0.939. The summed E-state index contributed by atoms with van der Waals surface area (Å²) in [5.74, 6) is 2.53. The molecule has 1 N–H and O–H groups in total. The van der Waals surface area contributed by atoms with Gasteiger partial charge in [-0.3, -0.25) is 4.79 Å². The molecule has 2 aliphatic heterocycles. The maximum atomic E-state index is 12.5. The van der Waals surface area contributed by atoms with Gasteiger partial charge >= 0.3 is 0 Å². The van der Waals surface area contributed by atoms with E-state index in [1.807, 2.05) is 25.1 Å². The first-order valence-corrected chi connectivity index (χ1v) is 7.81. The van der Waals surface area contributed by atoms with E-state index in [1.165, 1.54) is 0 Å². The lowest BCUT2D eigenvalue weighted by Gasteiger charge is -2.21. The highest BCUT2D eigenvalue weighted by Crippen LogP contribution is 2.34. The van der Waals surface area contributed by atoms with Gasteiger partial charge in [-0.2, -0.15) is 0 Å². The summed E-state index contributed by atoms with van der Waals surface area (Å²) in [5.41, 5.74) is 1.48. The monoisotopic (exact) mass is 327 g/mol. The second-order valence-corrected chi connectivity index (χ2v) is 5.67. The molecule has 6 nitrogen and oxygen atoms in total. The Morgan fingerprint density at radius 2 is 1.58 bits per heavy atom. The molecule has 0 saturated heterocycles. The largest absolute Gasteiger partial charge is 0.486 e. The fraction of sp³-hybridized carbons (Fsp3) is 0.278. The summed E-state index contributed by atoms with van der Waals surface area (Å²) in [5, 5.41) is 2.98. The van der Waals surface area contributed by atoms with Gasteiger partial charge in [-0.05, 0) is 42.8 Å². The number of hydrogen-bond donors (Lipinski definition) is 1. The van der Waals surface area contributed by atoms with Crippen LogP contribution in [0.15, 0.2) is 36.4 Å². The number of ether oxygens (including phenoxy) is 4. The van der Waals surface area contributed by atoms with Crippen molar-refractivity contribution in [1.82, 2.24) is 5.32 Å². The van der Waals surface area contributed by atoms with Crippen molar-refractivity contribution < 1.29 is 23.7 Å². The second-order valence-electron chi connectivity index (χ2n) is 5.67. The van der Waals surface area contributed by atoms with Crippen molar-refractivity contribution in [2.45, 2.75) is 13.0 Å². The summed E-state index contributed by atoms with van der Waals surface area (Å²) < 4.78 is 21.7. The lowest BCUT2D eigenvalue weighted by molar-refractivity contribution is 0.0939. The number of benzene rings is 2. The molecule has 0 unspecified atom stereocenters. The number of fused-ring (bicyclic) bond motifs is 2. The van der Waals surface area contributed by atoms with Crippen molar-refractivity contribution >= 4 is 5.91 Å². The van der Waals surface area contributed by atoms with Crippen LogP contribution >= 0.6 is 0 Å². The smallest absolute Gasteiger partial charge is 0.251 e. The Hall–Kier alpha value is -2.89. The summed E-state index contributed by atoms with van der Waals surface area (Å²) in [4.78, 5) is 12.5. The van der Waals surface area contributed by atoms with Crippen molar-refractivity contribution in [3.63, 3.8) is 0 Å². The SMILES string of the molecule is C[C@@H](NC(=O)c1ccc2c(c1)OCO2)c1ccc2c(c1)OCCO2. The van der Waals surface area contributed by atoms with Crippen LogP contribution in [0.4, 0.5) is 0 Å². The van der Waals surface area contributed by atoms with E-state index in [4.69, 9.17) is 18.9 Å². The fourth-order valence-electron chi connectivity index (χ4n) is 2.73. The summed E-state index contributed by atoms with van der Waals surface area (Å²) >= 11 is 0. The number of rotatable bonds is 3. The van der Waals surface area contributed by atoms with Gasteiger partial charge in [0.25, 0.3) is 5.91 Å².